The Balaban J connectivity index is 0.00000208. The lowest BCUT2D eigenvalue weighted by Gasteiger charge is -2.22. The summed E-state index contributed by atoms with van der Waals surface area (Å²) in [6, 6.07) is 5.93. The number of halogens is 1. The molecule has 130 valence electrons. The molecule has 3 rings (SSSR count). The van der Waals surface area contributed by atoms with Gasteiger partial charge in [-0.2, -0.15) is 0 Å². The molecule has 2 heterocycles. The van der Waals surface area contributed by atoms with E-state index in [-0.39, 0.29) is 18.3 Å². The Labute approximate surface area is 151 Å². The molecule has 0 saturated carbocycles. The van der Waals surface area contributed by atoms with Crippen LogP contribution in [0.4, 0.5) is 5.13 Å². The van der Waals surface area contributed by atoms with Gasteiger partial charge in [-0.25, -0.2) is 4.98 Å². The number of thiazole rings is 1. The van der Waals surface area contributed by atoms with Crippen molar-refractivity contribution in [1.29, 1.82) is 0 Å². The van der Waals surface area contributed by atoms with Crippen molar-refractivity contribution >= 4 is 34.8 Å². The van der Waals surface area contributed by atoms with E-state index in [0.29, 0.717) is 18.3 Å². The summed E-state index contributed by atoms with van der Waals surface area (Å²) in [6.45, 7) is 3.86. The van der Waals surface area contributed by atoms with Crippen LogP contribution < -0.4 is 15.4 Å². The van der Waals surface area contributed by atoms with Gasteiger partial charge in [0, 0.05) is 24.0 Å². The third-order valence-electron chi connectivity index (χ3n) is 3.59. The number of hydrogen-bond donors (Lipinski definition) is 2. The number of amides is 1. The molecule has 1 aliphatic rings. The molecule has 2 N–H and O–H groups in total. The second kappa shape index (κ2) is 8.43. The van der Waals surface area contributed by atoms with Crippen molar-refractivity contribution in [2.45, 2.75) is 13.0 Å². The lowest BCUT2D eigenvalue weighted by Crippen LogP contribution is -2.45. The number of morpholine rings is 1. The largest absolute Gasteiger partial charge is 0.496 e. The molecule has 1 unspecified atom stereocenters. The highest BCUT2D eigenvalue weighted by atomic mass is 35.5. The topological polar surface area (TPSA) is 72.5 Å². The Kier molecular flexibility index (Phi) is 6.56. The monoisotopic (exact) mass is 369 g/mol. The highest BCUT2D eigenvalue weighted by Gasteiger charge is 2.22. The number of ether oxygens (including phenoxy) is 2. The van der Waals surface area contributed by atoms with E-state index >= 15 is 0 Å². The molecule has 1 aromatic heterocycles. The summed E-state index contributed by atoms with van der Waals surface area (Å²) >= 11 is 1.39. The summed E-state index contributed by atoms with van der Waals surface area (Å²) in [7, 11) is 1.64. The normalized spacial score (nSPS) is 17.0. The second-order valence-electron chi connectivity index (χ2n) is 5.29. The zero-order chi connectivity index (χ0) is 16.2. The first-order valence-electron chi connectivity index (χ1n) is 7.41. The van der Waals surface area contributed by atoms with Crippen molar-refractivity contribution < 1.29 is 14.3 Å². The second-order valence-corrected chi connectivity index (χ2v) is 6.15. The van der Waals surface area contributed by atoms with Crippen LogP contribution in [0.1, 0.15) is 5.56 Å². The summed E-state index contributed by atoms with van der Waals surface area (Å²) < 4.78 is 10.8. The summed E-state index contributed by atoms with van der Waals surface area (Å²) in [4.78, 5) is 16.7. The first-order chi connectivity index (χ1) is 11.2. The van der Waals surface area contributed by atoms with Crippen LogP contribution in [0.5, 0.6) is 5.75 Å². The number of aromatic nitrogens is 1. The summed E-state index contributed by atoms with van der Waals surface area (Å²) in [6.07, 6.45) is -0.468. The van der Waals surface area contributed by atoms with Crippen LogP contribution in [0.3, 0.4) is 0 Å². The number of benzene rings is 1. The number of hydrogen-bond acceptors (Lipinski definition) is 6. The molecule has 8 heteroatoms. The van der Waals surface area contributed by atoms with Gasteiger partial charge in [-0.3, -0.25) is 10.1 Å². The highest BCUT2D eigenvalue weighted by Crippen LogP contribution is 2.33. The van der Waals surface area contributed by atoms with Crippen LogP contribution in [-0.4, -0.2) is 43.8 Å². The molecule has 1 atom stereocenters. The van der Waals surface area contributed by atoms with Crippen molar-refractivity contribution in [3.05, 3.63) is 29.1 Å². The molecule has 0 bridgehead atoms. The third-order valence-corrected chi connectivity index (χ3v) is 4.34. The molecule has 6 nitrogen and oxygen atoms in total. The van der Waals surface area contributed by atoms with Gasteiger partial charge in [0.1, 0.15) is 11.9 Å². The van der Waals surface area contributed by atoms with Crippen LogP contribution in [-0.2, 0) is 9.53 Å². The average Bonchev–Trinajstić information content (AvgIpc) is 3.04. The minimum atomic E-state index is -0.468. The van der Waals surface area contributed by atoms with Gasteiger partial charge in [-0.15, -0.1) is 23.7 Å². The fraction of sp³-hybridized carbons (Fsp3) is 0.375. The molecule has 1 saturated heterocycles. The molecule has 1 fully saturated rings. The van der Waals surface area contributed by atoms with Crippen molar-refractivity contribution in [1.82, 2.24) is 10.3 Å². The fourth-order valence-corrected chi connectivity index (χ4v) is 3.11. The van der Waals surface area contributed by atoms with E-state index in [1.54, 1.807) is 7.11 Å². The van der Waals surface area contributed by atoms with Crippen LogP contribution in [0.2, 0.25) is 0 Å². The maximum Gasteiger partial charge on any atom is 0.256 e. The van der Waals surface area contributed by atoms with E-state index in [4.69, 9.17) is 9.47 Å². The number of carbonyl (C=O) groups excluding carboxylic acids is 1. The molecule has 1 aliphatic heterocycles. The SMILES string of the molecule is COc1ccc(C)cc1-c1csc(NC(=O)C2CNCCO2)n1.Cl. The van der Waals surface area contributed by atoms with Crippen molar-refractivity contribution in [2.24, 2.45) is 0 Å². The van der Waals surface area contributed by atoms with Gasteiger partial charge in [-0.05, 0) is 19.1 Å². The van der Waals surface area contributed by atoms with E-state index in [0.717, 1.165) is 29.1 Å². The molecular weight excluding hydrogens is 350 g/mol. The van der Waals surface area contributed by atoms with Crippen LogP contribution in [0, 0.1) is 6.92 Å². The number of rotatable bonds is 4. The lowest BCUT2D eigenvalue weighted by molar-refractivity contribution is -0.128. The van der Waals surface area contributed by atoms with Gasteiger partial charge in [0.15, 0.2) is 5.13 Å². The summed E-state index contributed by atoms with van der Waals surface area (Å²) in [5.41, 5.74) is 2.83. The average molecular weight is 370 g/mol. The van der Waals surface area contributed by atoms with Crippen molar-refractivity contribution in [2.75, 3.05) is 32.1 Å². The Hall–Kier alpha value is -1.67. The highest BCUT2D eigenvalue weighted by molar-refractivity contribution is 7.14. The van der Waals surface area contributed by atoms with Gasteiger partial charge >= 0.3 is 0 Å². The van der Waals surface area contributed by atoms with E-state index in [2.05, 4.69) is 15.6 Å². The number of methoxy groups -OCH3 is 1. The number of aryl methyl sites for hydroxylation is 1. The molecule has 0 aliphatic carbocycles. The maximum atomic E-state index is 12.2. The Morgan fingerprint density at radius 3 is 3.04 bits per heavy atom. The molecule has 1 aromatic carbocycles. The van der Waals surface area contributed by atoms with E-state index in [1.807, 2.05) is 30.5 Å². The zero-order valence-electron chi connectivity index (χ0n) is 13.5. The van der Waals surface area contributed by atoms with Gasteiger partial charge in [0.2, 0.25) is 0 Å². The van der Waals surface area contributed by atoms with E-state index in [1.165, 1.54) is 11.3 Å². The predicted octanol–water partition coefficient (Wildman–Crippen LogP) is 2.48. The molecule has 24 heavy (non-hydrogen) atoms. The molecule has 1 amide bonds. The zero-order valence-corrected chi connectivity index (χ0v) is 15.1. The molecule has 0 radical (unpaired) electrons. The summed E-state index contributed by atoms with van der Waals surface area (Å²) in [5.74, 6) is 0.591. The number of nitrogens with one attached hydrogen (secondary N) is 2. The number of nitrogens with zero attached hydrogens (tertiary/aromatic N) is 1. The first-order valence-corrected chi connectivity index (χ1v) is 8.29. The van der Waals surface area contributed by atoms with Crippen LogP contribution in [0.15, 0.2) is 23.6 Å². The molecular formula is C16H20ClN3O3S. The molecule has 2 aromatic rings. The van der Waals surface area contributed by atoms with Crippen molar-refractivity contribution in [3.8, 4) is 17.0 Å². The van der Waals surface area contributed by atoms with E-state index in [9.17, 15) is 4.79 Å². The Morgan fingerprint density at radius 2 is 2.33 bits per heavy atom. The van der Waals surface area contributed by atoms with Gasteiger partial charge in [0.05, 0.1) is 19.4 Å². The minimum Gasteiger partial charge on any atom is -0.496 e. The van der Waals surface area contributed by atoms with Gasteiger partial charge < -0.3 is 14.8 Å². The van der Waals surface area contributed by atoms with Gasteiger partial charge in [-0.1, -0.05) is 11.6 Å². The fourth-order valence-electron chi connectivity index (χ4n) is 2.40. The quantitative estimate of drug-likeness (QED) is 0.866. The minimum absolute atomic E-state index is 0. The number of anilines is 1. The van der Waals surface area contributed by atoms with Crippen molar-refractivity contribution in [3.63, 3.8) is 0 Å². The smallest absolute Gasteiger partial charge is 0.256 e. The lowest BCUT2D eigenvalue weighted by atomic mass is 10.1. The van der Waals surface area contributed by atoms with Crippen LogP contribution in [0.25, 0.3) is 11.3 Å². The molecule has 0 spiro atoms. The standard InChI is InChI=1S/C16H19N3O3S.ClH/c1-10-3-4-13(21-2)11(7-10)12-9-23-16(18-12)19-15(20)14-8-17-5-6-22-14;/h3-4,7,9,14,17H,5-6,8H2,1-2H3,(H,18,19,20);1H. The van der Waals surface area contributed by atoms with Gasteiger partial charge in [0.25, 0.3) is 5.91 Å². The third kappa shape index (κ3) is 4.24. The maximum absolute atomic E-state index is 12.2. The number of carbonyl (C=O) groups is 1. The Morgan fingerprint density at radius 1 is 1.50 bits per heavy atom. The first kappa shape index (κ1) is 18.7. The van der Waals surface area contributed by atoms with E-state index < -0.39 is 6.10 Å². The van der Waals surface area contributed by atoms with Crippen LogP contribution >= 0.6 is 23.7 Å². The Bertz CT molecular complexity index is 702. The summed E-state index contributed by atoms with van der Waals surface area (Å²) in [5, 5.41) is 8.42. The predicted molar refractivity (Wildman–Crippen MR) is 97.3 cm³/mol.